The average Bonchev–Trinajstić information content (AvgIpc) is 2.11. The predicted molar refractivity (Wildman–Crippen MR) is 54.1 cm³/mol. The van der Waals surface area contributed by atoms with Crippen LogP contribution in [-0.4, -0.2) is 27.4 Å². The number of hydrogen-bond donors (Lipinski definition) is 0. The molecule has 0 heterocycles. The highest BCUT2D eigenvalue weighted by Crippen LogP contribution is 2.02. The fourth-order valence-electron chi connectivity index (χ4n) is 1.05. The molecule has 4 nitrogen and oxygen atoms in total. The second-order valence-corrected chi connectivity index (χ2v) is 4.96. The first kappa shape index (κ1) is 13.9. The number of unbranched alkanes of at least 4 members (excludes halogenated alkanes) is 3. The van der Waals surface area contributed by atoms with Gasteiger partial charge in [-0.05, 0) is 19.3 Å². The molecule has 0 saturated carbocycles. The maximum atomic E-state index is 11.0. The van der Waals surface area contributed by atoms with Crippen LogP contribution in [0.4, 0.5) is 0 Å². The molecule has 5 heteroatoms. The Morgan fingerprint density at radius 2 is 1.71 bits per heavy atom. The van der Waals surface area contributed by atoms with Crippen LogP contribution in [-0.2, 0) is 19.4 Å². The molecule has 0 aliphatic carbocycles. The molecule has 0 aromatic heterocycles. The molecule has 85 valence electrons. The number of rotatable bonds is 9. The van der Waals surface area contributed by atoms with Gasteiger partial charge in [0, 0.05) is 0 Å². The molecule has 0 atom stereocenters. The third kappa shape index (κ3) is 8.47. The van der Waals surface area contributed by atoms with E-state index in [0.29, 0.717) is 19.3 Å². The lowest BCUT2D eigenvalue weighted by atomic mass is 10.2. The second kappa shape index (κ2) is 8.20. The highest BCUT2D eigenvalue weighted by atomic mass is 32.2. The standard InChI is InChI=1S/C9H19O4S/c1-2-9-14(11,12)13-8-6-4-3-5-7-10/h2-9H2,1H3. The fraction of sp³-hybridized carbons (Fsp3) is 1.00. The molecular weight excluding hydrogens is 204 g/mol. The molecular formula is C9H19O4S. The van der Waals surface area contributed by atoms with E-state index in [1.807, 2.05) is 0 Å². The summed E-state index contributed by atoms with van der Waals surface area (Å²) in [5.74, 6) is 0.0908. The second-order valence-electron chi connectivity index (χ2n) is 3.20. The van der Waals surface area contributed by atoms with Gasteiger partial charge >= 0.3 is 0 Å². The summed E-state index contributed by atoms with van der Waals surface area (Å²) >= 11 is 0. The zero-order valence-electron chi connectivity index (χ0n) is 8.70. The first-order valence-corrected chi connectivity index (χ1v) is 6.65. The van der Waals surface area contributed by atoms with Crippen molar-refractivity contribution in [3.05, 3.63) is 0 Å². The largest absolute Gasteiger partial charge is 0.270 e. The Morgan fingerprint density at radius 1 is 1.07 bits per heavy atom. The summed E-state index contributed by atoms with van der Waals surface area (Å²) in [7, 11) is -3.29. The van der Waals surface area contributed by atoms with E-state index in [0.717, 1.165) is 12.8 Å². The molecule has 0 N–H and O–H groups in total. The van der Waals surface area contributed by atoms with Gasteiger partial charge in [0.25, 0.3) is 10.1 Å². The lowest BCUT2D eigenvalue weighted by molar-refractivity contribution is 0.185. The smallest absolute Gasteiger partial charge is 0.267 e. The van der Waals surface area contributed by atoms with Gasteiger partial charge < -0.3 is 0 Å². The molecule has 0 bridgehead atoms. The molecule has 0 fully saturated rings. The molecule has 0 rings (SSSR count). The summed E-state index contributed by atoms with van der Waals surface area (Å²) < 4.78 is 26.8. The third-order valence-corrected chi connectivity index (χ3v) is 3.19. The van der Waals surface area contributed by atoms with E-state index < -0.39 is 10.1 Å². The average molecular weight is 223 g/mol. The maximum absolute atomic E-state index is 11.0. The zero-order valence-corrected chi connectivity index (χ0v) is 9.51. The van der Waals surface area contributed by atoms with Crippen molar-refractivity contribution in [3.63, 3.8) is 0 Å². The molecule has 0 amide bonds. The summed E-state index contributed by atoms with van der Waals surface area (Å²) in [5.41, 5.74) is 0. The van der Waals surface area contributed by atoms with Crippen molar-refractivity contribution in [2.45, 2.75) is 39.0 Å². The number of hydrogen-bond acceptors (Lipinski definition) is 3. The quantitative estimate of drug-likeness (QED) is 0.442. The molecule has 0 saturated heterocycles. The van der Waals surface area contributed by atoms with Crippen LogP contribution in [0, 0.1) is 0 Å². The fourth-order valence-corrected chi connectivity index (χ4v) is 2.04. The SMILES string of the molecule is CCCS(=O)(=O)OCCCCCC[O]. The van der Waals surface area contributed by atoms with Gasteiger partial charge in [-0.1, -0.05) is 19.8 Å². The van der Waals surface area contributed by atoms with Gasteiger partial charge in [0.15, 0.2) is 0 Å². The highest BCUT2D eigenvalue weighted by Gasteiger charge is 2.08. The topological polar surface area (TPSA) is 63.3 Å². The zero-order chi connectivity index (χ0) is 10.9. The van der Waals surface area contributed by atoms with E-state index in [9.17, 15) is 13.5 Å². The molecule has 0 aliphatic heterocycles. The van der Waals surface area contributed by atoms with Crippen molar-refractivity contribution < 1.29 is 17.7 Å². The first-order chi connectivity index (χ1) is 6.62. The highest BCUT2D eigenvalue weighted by molar-refractivity contribution is 7.86. The summed E-state index contributed by atoms with van der Waals surface area (Å²) in [5, 5.41) is 10.1. The van der Waals surface area contributed by atoms with Crippen molar-refractivity contribution in [1.29, 1.82) is 0 Å². The van der Waals surface area contributed by atoms with Crippen LogP contribution in [0.25, 0.3) is 0 Å². The molecule has 1 radical (unpaired) electrons. The van der Waals surface area contributed by atoms with E-state index in [2.05, 4.69) is 0 Å². The van der Waals surface area contributed by atoms with Gasteiger partial charge in [-0.3, -0.25) is 4.18 Å². The minimum Gasteiger partial charge on any atom is -0.270 e. The minimum atomic E-state index is -3.29. The van der Waals surface area contributed by atoms with Gasteiger partial charge in [-0.15, -0.1) is 0 Å². The van der Waals surface area contributed by atoms with Crippen molar-refractivity contribution in [2.75, 3.05) is 19.0 Å². The Kier molecular flexibility index (Phi) is 8.12. The maximum Gasteiger partial charge on any atom is 0.267 e. The molecule has 0 unspecified atom stereocenters. The van der Waals surface area contributed by atoms with Gasteiger partial charge in [0.05, 0.1) is 19.0 Å². The van der Waals surface area contributed by atoms with Crippen molar-refractivity contribution >= 4 is 10.1 Å². The van der Waals surface area contributed by atoms with Crippen LogP contribution in [0.1, 0.15) is 39.0 Å². The molecule has 0 aromatic carbocycles. The van der Waals surface area contributed by atoms with Crippen LogP contribution in [0.15, 0.2) is 0 Å². The van der Waals surface area contributed by atoms with E-state index in [4.69, 9.17) is 4.18 Å². The lowest BCUT2D eigenvalue weighted by Gasteiger charge is -2.03. The van der Waals surface area contributed by atoms with Crippen LogP contribution in [0.5, 0.6) is 0 Å². The first-order valence-electron chi connectivity index (χ1n) is 5.07. The van der Waals surface area contributed by atoms with Crippen LogP contribution >= 0.6 is 0 Å². The van der Waals surface area contributed by atoms with Crippen molar-refractivity contribution in [1.82, 2.24) is 0 Å². The van der Waals surface area contributed by atoms with Gasteiger partial charge in [0.2, 0.25) is 0 Å². The van der Waals surface area contributed by atoms with Gasteiger partial charge in [-0.25, -0.2) is 5.11 Å². The minimum absolute atomic E-state index is 0.0466. The molecule has 0 aromatic rings. The van der Waals surface area contributed by atoms with Gasteiger partial charge in [0.1, 0.15) is 0 Å². The van der Waals surface area contributed by atoms with E-state index in [1.54, 1.807) is 6.92 Å². The predicted octanol–water partition coefficient (Wildman–Crippen LogP) is 1.73. The Hall–Kier alpha value is -0.130. The summed E-state index contributed by atoms with van der Waals surface area (Å²) in [4.78, 5) is 0. The summed E-state index contributed by atoms with van der Waals surface area (Å²) in [6, 6.07) is 0. The summed E-state index contributed by atoms with van der Waals surface area (Å²) in [6.07, 6.45) is 3.69. The Morgan fingerprint density at radius 3 is 2.29 bits per heavy atom. The van der Waals surface area contributed by atoms with Crippen LogP contribution in [0.3, 0.4) is 0 Å². The molecule has 0 aliphatic rings. The third-order valence-electron chi connectivity index (χ3n) is 1.76. The van der Waals surface area contributed by atoms with Gasteiger partial charge in [-0.2, -0.15) is 8.42 Å². The molecule has 0 spiro atoms. The summed E-state index contributed by atoms with van der Waals surface area (Å²) in [6.45, 7) is 2.01. The monoisotopic (exact) mass is 223 g/mol. The normalized spacial score (nSPS) is 11.9. The van der Waals surface area contributed by atoms with Crippen LogP contribution in [0.2, 0.25) is 0 Å². The van der Waals surface area contributed by atoms with Crippen LogP contribution < -0.4 is 0 Å². The van der Waals surface area contributed by atoms with E-state index in [-0.39, 0.29) is 19.0 Å². The van der Waals surface area contributed by atoms with Crippen molar-refractivity contribution in [2.24, 2.45) is 0 Å². The van der Waals surface area contributed by atoms with E-state index in [1.165, 1.54) is 0 Å². The van der Waals surface area contributed by atoms with Crippen molar-refractivity contribution in [3.8, 4) is 0 Å². The Balaban J connectivity index is 3.35. The van der Waals surface area contributed by atoms with E-state index >= 15 is 0 Å². The lowest BCUT2D eigenvalue weighted by Crippen LogP contribution is -2.10. The Bertz CT molecular complexity index is 211. The molecule has 14 heavy (non-hydrogen) atoms. The Labute approximate surface area is 86.4 Å².